The van der Waals surface area contributed by atoms with Gasteiger partial charge >= 0.3 is 0 Å². The monoisotopic (exact) mass is 224 g/mol. The summed E-state index contributed by atoms with van der Waals surface area (Å²) >= 11 is 0. The zero-order valence-corrected chi connectivity index (χ0v) is 9.37. The second-order valence-corrected chi connectivity index (χ2v) is 2.13. The van der Waals surface area contributed by atoms with Crippen molar-refractivity contribution in [1.82, 2.24) is 10.4 Å². The highest BCUT2D eigenvalue weighted by Crippen LogP contribution is 1.82. The van der Waals surface area contributed by atoms with Crippen LogP contribution in [0.4, 0.5) is 0 Å². The minimum atomic E-state index is 0. The largest absolute Gasteiger partial charge is 0.251 e. The number of rotatable bonds is 7. The molecule has 0 unspecified atom stereocenters. The molecule has 1 N–H and O–H groups in total. The molecule has 0 heterocycles. The van der Waals surface area contributed by atoms with E-state index in [1.165, 1.54) is 0 Å². The first-order valence-electron chi connectivity index (χ1n) is 3.66. The van der Waals surface area contributed by atoms with Crippen molar-refractivity contribution in [2.75, 3.05) is 19.6 Å². The lowest BCUT2D eigenvalue weighted by molar-refractivity contribution is 0.246. The molecule has 0 aromatic rings. The SMILES string of the molecule is C=CCNN(CC=C)CC=C.Cl.Cl. The van der Waals surface area contributed by atoms with Crippen LogP contribution >= 0.6 is 24.8 Å². The lowest BCUT2D eigenvalue weighted by atomic mass is 10.5. The molecule has 0 aliphatic rings. The van der Waals surface area contributed by atoms with Gasteiger partial charge in [-0.3, -0.25) is 5.43 Å². The van der Waals surface area contributed by atoms with Gasteiger partial charge in [-0.05, 0) is 0 Å². The molecule has 2 nitrogen and oxygen atoms in total. The summed E-state index contributed by atoms with van der Waals surface area (Å²) in [6, 6.07) is 0. The first-order valence-corrected chi connectivity index (χ1v) is 3.66. The zero-order chi connectivity index (χ0) is 8.53. The highest BCUT2D eigenvalue weighted by molar-refractivity contribution is 5.85. The lowest BCUT2D eigenvalue weighted by Crippen LogP contribution is -2.38. The lowest BCUT2D eigenvalue weighted by Gasteiger charge is -2.18. The molecule has 0 saturated carbocycles. The predicted molar refractivity (Wildman–Crippen MR) is 64.7 cm³/mol. The van der Waals surface area contributed by atoms with Crippen LogP contribution in [-0.2, 0) is 0 Å². The highest BCUT2D eigenvalue weighted by Gasteiger charge is 1.95. The van der Waals surface area contributed by atoms with Crippen molar-refractivity contribution < 1.29 is 0 Å². The van der Waals surface area contributed by atoms with Gasteiger partial charge in [0.05, 0.1) is 0 Å². The van der Waals surface area contributed by atoms with Crippen LogP contribution in [0.3, 0.4) is 0 Å². The van der Waals surface area contributed by atoms with Crippen LogP contribution in [0.15, 0.2) is 38.0 Å². The number of hydrazine groups is 1. The van der Waals surface area contributed by atoms with Crippen LogP contribution < -0.4 is 5.43 Å². The van der Waals surface area contributed by atoms with Crippen LogP contribution in [0.25, 0.3) is 0 Å². The molecule has 0 fully saturated rings. The molecule has 0 aliphatic carbocycles. The van der Waals surface area contributed by atoms with E-state index in [1.807, 2.05) is 23.2 Å². The van der Waals surface area contributed by atoms with E-state index >= 15 is 0 Å². The van der Waals surface area contributed by atoms with Crippen LogP contribution in [0.5, 0.6) is 0 Å². The van der Waals surface area contributed by atoms with Crippen LogP contribution in [0.1, 0.15) is 0 Å². The summed E-state index contributed by atoms with van der Waals surface area (Å²) in [5.41, 5.74) is 3.14. The van der Waals surface area contributed by atoms with E-state index < -0.39 is 0 Å². The minimum Gasteiger partial charge on any atom is -0.251 e. The van der Waals surface area contributed by atoms with E-state index in [2.05, 4.69) is 25.2 Å². The summed E-state index contributed by atoms with van der Waals surface area (Å²) in [7, 11) is 0. The molecular formula is C9H18Cl2N2. The highest BCUT2D eigenvalue weighted by atomic mass is 35.5. The third kappa shape index (κ3) is 11.7. The van der Waals surface area contributed by atoms with E-state index in [4.69, 9.17) is 0 Å². The van der Waals surface area contributed by atoms with Crippen LogP contribution in [0, 0.1) is 0 Å². The van der Waals surface area contributed by atoms with Crippen LogP contribution in [0.2, 0.25) is 0 Å². The Hall–Kier alpha value is -0.280. The molecular weight excluding hydrogens is 207 g/mol. The number of nitrogens with zero attached hydrogens (tertiary/aromatic N) is 1. The Morgan fingerprint density at radius 2 is 1.38 bits per heavy atom. The number of hydrogen-bond donors (Lipinski definition) is 1. The molecule has 4 heteroatoms. The Labute approximate surface area is 93.2 Å². The first-order chi connectivity index (χ1) is 5.35. The molecule has 0 aromatic heterocycles. The molecule has 0 saturated heterocycles. The second-order valence-electron chi connectivity index (χ2n) is 2.13. The van der Waals surface area contributed by atoms with E-state index in [9.17, 15) is 0 Å². The van der Waals surface area contributed by atoms with Crippen molar-refractivity contribution in [3.63, 3.8) is 0 Å². The average Bonchev–Trinajstić information content (AvgIpc) is 2.01. The van der Waals surface area contributed by atoms with Gasteiger partial charge in [0, 0.05) is 19.6 Å². The van der Waals surface area contributed by atoms with Crippen molar-refractivity contribution >= 4 is 24.8 Å². The Balaban J connectivity index is -0.000000500. The van der Waals surface area contributed by atoms with Gasteiger partial charge in [-0.25, -0.2) is 5.01 Å². The summed E-state index contributed by atoms with van der Waals surface area (Å²) in [6.07, 6.45) is 5.51. The molecule has 0 bridgehead atoms. The van der Waals surface area contributed by atoms with Gasteiger partial charge in [-0.15, -0.1) is 44.6 Å². The summed E-state index contributed by atoms with van der Waals surface area (Å²) in [6.45, 7) is 13.3. The fraction of sp³-hybridized carbons (Fsp3) is 0.333. The molecule has 0 aromatic carbocycles. The molecule has 0 aliphatic heterocycles. The molecule has 0 spiro atoms. The quantitative estimate of drug-likeness (QED) is 0.527. The number of hydrogen-bond acceptors (Lipinski definition) is 2. The fourth-order valence-electron chi connectivity index (χ4n) is 0.709. The van der Waals surface area contributed by atoms with Crippen molar-refractivity contribution in [1.29, 1.82) is 0 Å². The van der Waals surface area contributed by atoms with E-state index in [0.29, 0.717) is 0 Å². The molecule has 78 valence electrons. The van der Waals surface area contributed by atoms with Gasteiger partial charge < -0.3 is 0 Å². The van der Waals surface area contributed by atoms with Crippen molar-refractivity contribution in [3.05, 3.63) is 38.0 Å². The van der Waals surface area contributed by atoms with Gasteiger partial charge in [0.25, 0.3) is 0 Å². The summed E-state index contributed by atoms with van der Waals surface area (Å²) in [5.74, 6) is 0. The fourth-order valence-corrected chi connectivity index (χ4v) is 0.709. The van der Waals surface area contributed by atoms with E-state index in [1.54, 1.807) is 0 Å². The van der Waals surface area contributed by atoms with E-state index in [0.717, 1.165) is 19.6 Å². The third-order valence-electron chi connectivity index (χ3n) is 1.16. The van der Waals surface area contributed by atoms with E-state index in [-0.39, 0.29) is 24.8 Å². The maximum absolute atomic E-state index is 3.65. The normalized spacial score (nSPS) is 8.08. The molecule has 0 rings (SSSR count). The Morgan fingerprint density at radius 1 is 0.923 bits per heavy atom. The first kappa shape index (κ1) is 18.5. The molecule has 13 heavy (non-hydrogen) atoms. The van der Waals surface area contributed by atoms with Gasteiger partial charge in [-0.2, -0.15) is 0 Å². The standard InChI is InChI=1S/C9H16N2.2ClH/c1-4-7-10-11(8-5-2)9-6-3;;/h4-6,10H,1-3,7-9H2;2*1H. The Morgan fingerprint density at radius 3 is 1.69 bits per heavy atom. The van der Waals surface area contributed by atoms with Crippen molar-refractivity contribution in [3.8, 4) is 0 Å². The third-order valence-corrected chi connectivity index (χ3v) is 1.16. The number of halogens is 2. The van der Waals surface area contributed by atoms with Gasteiger partial charge in [-0.1, -0.05) is 18.2 Å². The van der Waals surface area contributed by atoms with Gasteiger partial charge in [0.2, 0.25) is 0 Å². The molecule has 0 atom stereocenters. The summed E-state index contributed by atoms with van der Waals surface area (Å²) < 4.78 is 0. The molecule has 0 amide bonds. The van der Waals surface area contributed by atoms with Gasteiger partial charge in [0.15, 0.2) is 0 Å². The van der Waals surface area contributed by atoms with Crippen molar-refractivity contribution in [2.45, 2.75) is 0 Å². The molecule has 0 radical (unpaired) electrons. The van der Waals surface area contributed by atoms with Crippen molar-refractivity contribution in [2.24, 2.45) is 0 Å². The maximum atomic E-state index is 3.65. The summed E-state index contributed by atoms with van der Waals surface area (Å²) in [5, 5.41) is 2.02. The van der Waals surface area contributed by atoms with Gasteiger partial charge in [0.1, 0.15) is 0 Å². The van der Waals surface area contributed by atoms with Crippen LogP contribution in [-0.4, -0.2) is 24.6 Å². The zero-order valence-electron chi connectivity index (χ0n) is 7.74. The predicted octanol–water partition coefficient (Wildman–Crippen LogP) is 2.19. The Bertz CT molecular complexity index is 128. The summed E-state index contributed by atoms with van der Waals surface area (Å²) in [4.78, 5) is 0. The smallest absolute Gasteiger partial charge is 0.0312 e. The minimum absolute atomic E-state index is 0. The Kier molecular flexibility index (Phi) is 20.3. The second kappa shape index (κ2) is 14.3. The average molecular weight is 225 g/mol. The topological polar surface area (TPSA) is 15.3 Å². The maximum Gasteiger partial charge on any atom is 0.0312 e. The number of nitrogens with one attached hydrogen (secondary N) is 1.